The van der Waals surface area contributed by atoms with Crippen molar-refractivity contribution in [1.82, 2.24) is 9.78 Å². The van der Waals surface area contributed by atoms with Gasteiger partial charge in [0.25, 0.3) is 0 Å². The SMILES string of the molecule is CSC(C)CCCc1cnn(Cc2ccccc2)c(=O)c1OC(C)C. The van der Waals surface area contributed by atoms with Gasteiger partial charge in [0.2, 0.25) is 0 Å². The number of aryl methyl sites for hydroxylation is 1. The molecule has 0 aliphatic rings. The van der Waals surface area contributed by atoms with Crippen LogP contribution in [0.5, 0.6) is 5.75 Å². The number of thioether (sulfide) groups is 1. The van der Waals surface area contributed by atoms with Gasteiger partial charge in [0.1, 0.15) is 0 Å². The van der Waals surface area contributed by atoms with E-state index in [1.165, 1.54) is 4.68 Å². The van der Waals surface area contributed by atoms with Gasteiger partial charge in [-0.3, -0.25) is 4.79 Å². The molecular formula is C20H28N2O2S. The van der Waals surface area contributed by atoms with Crippen LogP contribution in [0.25, 0.3) is 0 Å². The van der Waals surface area contributed by atoms with E-state index < -0.39 is 0 Å². The first kappa shape index (κ1) is 19.6. The van der Waals surface area contributed by atoms with E-state index in [1.54, 1.807) is 6.20 Å². The zero-order valence-corrected chi connectivity index (χ0v) is 16.4. The van der Waals surface area contributed by atoms with Crippen LogP contribution in [0.3, 0.4) is 0 Å². The Morgan fingerprint density at radius 2 is 1.92 bits per heavy atom. The van der Waals surface area contributed by atoms with Crippen molar-refractivity contribution in [3.8, 4) is 5.75 Å². The van der Waals surface area contributed by atoms with Crippen LogP contribution in [0.4, 0.5) is 0 Å². The van der Waals surface area contributed by atoms with Gasteiger partial charge in [-0.2, -0.15) is 16.9 Å². The predicted molar refractivity (Wildman–Crippen MR) is 106 cm³/mol. The minimum absolute atomic E-state index is 0.0378. The largest absolute Gasteiger partial charge is 0.485 e. The molecule has 0 radical (unpaired) electrons. The highest BCUT2D eigenvalue weighted by molar-refractivity contribution is 7.99. The van der Waals surface area contributed by atoms with E-state index in [9.17, 15) is 4.79 Å². The Bertz CT molecular complexity index is 713. The summed E-state index contributed by atoms with van der Waals surface area (Å²) in [5.41, 5.74) is 1.82. The third kappa shape index (κ3) is 5.92. The molecule has 0 aliphatic carbocycles. The van der Waals surface area contributed by atoms with Gasteiger partial charge in [0.15, 0.2) is 5.75 Å². The fourth-order valence-corrected chi connectivity index (χ4v) is 3.01. The van der Waals surface area contributed by atoms with Crippen LogP contribution in [0, 0.1) is 0 Å². The van der Waals surface area contributed by atoms with Gasteiger partial charge >= 0.3 is 5.56 Å². The lowest BCUT2D eigenvalue weighted by Crippen LogP contribution is -2.27. The molecule has 0 bridgehead atoms. The van der Waals surface area contributed by atoms with E-state index in [1.807, 2.05) is 55.9 Å². The van der Waals surface area contributed by atoms with E-state index in [-0.39, 0.29) is 11.7 Å². The molecule has 0 aliphatic heterocycles. The van der Waals surface area contributed by atoms with Crippen LogP contribution in [-0.4, -0.2) is 27.4 Å². The molecule has 0 saturated carbocycles. The average Bonchev–Trinajstić information content (AvgIpc) is 2.60. The standard InChI is InChI=1S/C20H28N2O2S/c1-15(2)24-19-18(12-8-9-16(3)25-4)13-21-22(20(19)23)14-17-10-6-5-7-11-17/h5-7,10-11,13,15-16H,8-9,12,14H2,1-4H3. The van der Waals surface area contributed by atoms with Crippen molar-refractivity contribution < 1.29 is 4.74 Å². The van der Waals surface area contributed by atoms with Crippen LogP contribution in [0.1, 0.15) is 44.7 Å². The summed E-state index contributed by atoms with van der Waals surface area (Å²) >= 11 is 1.87. The average molecular weight is 361 g/mol. The Morgan fingerprint density at radius 1 is 1.20 bits per heavy atom. The maximum absolute atomic E-state index is 12.9. The molecule has 1 aromatic carbocycles. The Morgan fingerprint density at radius 3 is 2.56 bits per heavy atom. The number of hydrogen-bond acceptors (Lipinski definition) is 4. The summed E-state index contributed by atoms with van der Waals surface area (Å²) in [6.45, 7) is 6.58. The minimum atomic E-state index is -0.145. The number of ether oxygens (including phenoxy) is 1. The quantitative estimate of drug-likeness (QED) is 0.674. The molecule has 1 heterocycles. The van der Waals surface area contributed by atoms with Gasteiger partial charge in [-0.05, 0) is 44.9 Å². The highest BCUT2D eigenvalue weighted by Gasteiger charge is 2.15. The summed E-state index contributed by atoms with van der Waals surface area (Å²) in [4.78, 5) is 12.9. The molecule has 0 saturated heterocycles. The molecule has 25 heavy (non-hydrogen) atoms. The van der Waals surface area contributed by atoms with Crippen LogP contribution >= 0.6 is 11.8 Å². The number of benzene rings is 1. The lowest BCUT2D eigenvalue weighted by Gasteiger charge is -2.16. The number of rotatable bonds is 9. The molecule has 0 N–H and O–H groups in total. The van der Waals surface area contributed by atoms with Crippen molar-refractivity contribution >= 4 is 11.8 Å². The summed E-state index contributed by atoms with van der Waals surface area (Å²) < 4.78 is 7.35. The minimum Gasteiger partial charge on any atom is -0.485 e. The second-order valence-electron chi connectivity index (χ2n) is 6.55. The van der Waals surface area contributed by atoms with Gasteiger partial charge in [-0.25, -0.2) is 4.68 Å². The number of nitrogens with zero attached hydrogens (tertiary/aromatic N) is 2. The van der Waals surface area contributed by atoms with E-state index >= 15 is 0 Å². The third-order valence-corrected chi connectivity index (χ3v) is 5.10. The fourth-order valence-electron chi connectivity index (χ4n) is 2.61. The Balaban J connectivity index is 2.22. The van der Waals surface area contributed by atoms with Crippen molar-refractivity contribution in [1.29, 1.82) is 0 Å². The number of hydrogen-bond donors (Lipinski definition) is 0. The molecular weight excluding hydrogens is 332 g/mol. The van der Waals surface area contributed by atoms with E-state index in [4.69, 9.17) is 4.74 Å². The fraction of sp³-hybridized carbons (Fsp3) is 0.500. The van der Waals surface area contributed by atoms with Crippen LogP contribution < -0.4 is 10.3 Å². The lowest BCUT2D eigenvalue weighted by atomic mass is 10.1. The van der Waals surface area contributed by atoms with Gasteiger partial charge in [0.05, 0.1) is 18.8 Å². The molecule has 136 valence electrons. The molecule has 2 aromatic rings. The molecule has 2 rings (SSSR count). The monoisotopic (exact) mass is 360 g/mol. The van der Waals surface area contributed by atoms with Crippen LogP contribution in [-0.2, 0) is 13.0 Å². The highest BCUT2D eigenvalue weighted by Crippen LogP contribution is 2.19. The normalized spacial score (nSPS) is 12.4. The van der Waals surface area contributed by atoms with Crippen molar-refractivity contribution in [2.45, 2.75) is 57.9 Å². The molecule has 1 unspecified atom stereocenters. The smallest absolute Gasteiger partial charge is 0.309 e. The first-order valence-corrected chi connectivity index (χ1v) is 10.1. The Kier molecular flexibility index (Phi) is 7.56. The summed E-state index contributed by atoms with van der Waals surface area (Å²) in [7, 11) is 0. The molecule has 4 nitrogen and oxygen atoms in total. The highest BCUT2D eigenvalue weighted by atomic mass is 32.2. The maximum Gasteiger partial charge on any atom is 0.309 e. The van der Waals surface area contributed by atoms with Crippen molar-refractivity contribution in [3.05, 3.63) is 58.0 Å². The van der Waals surface area contributed by atoms with E-state index in [0.717, 1.165) is 30.4 Å². The molecule has 1 atom stereocenters. The molecule has 0 fully saturated rings. The van der Waals surface area contributed by atoms with Gasteiger partial charge in [0, 0.05) is 10.8 Å². The summed E-state index contributed by atoms with van der Waals surface area (Å²) in [6.07, 6.45) is 6.86. The Hall–Kier alpha value is -1.75. The van der Waals surface area contributed by atoms with Crippen molar-refractivity contribution in [3.63, 3.8) is 0 Å². The van der Waals surface area contributed by atoms with Gasteiger partial charge in [-0.1, -0.05) is 37.3 Å². The first-order chi connectivity index (χ1) is 12.0. The summed E-state index contributed by atoms with van der Waals surface area (Å²) in [5, 5.41) is 5.00. The molecule has 1 aromatic heterocycles. The second-order valence-corrected chi connectivity index (χ2v) is 7.83. The number of aromatic nitrogens is 2. The summed E-state index contributed by atoms with van der Waals surface area (Å²) in [6, 6.07) is 9.88. The maximum atomic E-state index is 12.9. The van der Waals surface area contributed by atoms with Crippen molar-refractivity contribution in [2.24, 2.45) is 0 Å². The van der Waals surface area contributed by atoms with Gasteiger partial charge < -0.3 is 4.74 Å². The lowest BCUT2D eigenvalue weighted by molar-refractivity contribution is 0.233. The van der Waals surface area contributed by atoms with Gasteiger partial charge in [-0.15, -0.1) is 0 Å². The van der Waals surface area contributed by atoms with Crippen LogP contribution in [0.2, 0.25) is 0 Å². The first-order valence-electron chi connectivity index (χ1n) is 8.83. The van der Waals surface area contributed by atoms with E-state index in [2.05, 4.69) is 18.3 Å². The zero-order valence-electron chi connectivity index (χ0n) is 15.6. The van der Waals surface area contributed by atoms with E-state index in [0.29, 0.717) is 17.5 Å². The summed E-state index contributed by atoms with van der Waals surface area (Å²) in [5.74, 6) is 0.456. The topological polar surface area (TPSA) is 44.1 Å². The molecule has 5 heteroatoms. The molecule has 0 spiro atoms. The molecule has 0 amide bonds. The zero-order chi connectivity index (χ0) is 18.2. The predicted octanol–water partition coefficient (Wildman–Crippen LogP) is 4.15. The van der Waals surface area contributed by atoms with Crippen LogP contribution in [0.15, 0.2) is 41.3 Å². The van der Waals surface area contributed by atoms with Crippen molar-refractivity contribution in [2.75, 3.05) is 6.26 Å². The second kappa shape index (κ2) is 9.66. The Labute approximate surface area is 154 Å². The third-order valence-electron chi connectivity index (χ3n) is 4.06.